The summed E-state index contributed by atoms with van der Waals surface area (Å²) in [5.41, 5.74) is -0.572. The van der Waals surface area contributed by atoms with Gasteiger partial charge in [0.25, 0.3) is 0 Å². The van der Waals surface area contributed by atoms with Crippen molar-refractivity contribution in [3.63, 3.8) is 0 Å². The molecule has 0 spiro atoms. The van der Waals surface area contributed by atoms with Crippen molar-refractivity contribution in [2.24, 2.45) is 0 Å². The highest BCUT2D eigenvalue weighted by Crippen LogP contribution is 2.07. The van der Waals surface area contributed by atoms with Gasteiger partial charge in [-0.2, -0.15) is 0 Å². The molecule has 3 N–H and O–H groups in total. The first kappa shape index (κ1) is 19.7. The molecular formula is C12H24N2O6S. The molecule has 1 unspecified atom stereocenters. The third-order valence-electron chi connectivity index (χ3n) is 2.24. The number of carbonyl (C=O) groups is 2. The van der Waals surface area contributed by atoms with E-state index in [2.05, 4.69) is 5.32 Å². The monoisotopic (exact) mass is 324 g/mol. The second-order valence-electron chi connectivity index (χ2n) is 5.71. The molecule has 21 heavy (non-hydrogen) atoms. The average Bonchev–Trinajstić information content (AvgIpc) is 2.22. The molecule has 0 fully saturated rings. The lowest BCUT2D eigenvalue weighted by Crippen LogP contribution is -2.40. The predicted octanol–water partition coefficient (Wildman–Crippen LogP) is 0.684. The van der Waals surface area contributed by atoms with Gasteiger partial charge in [-0.05, 0) is 40.0 Å². The van der Waals surface area contributed by atoms with Crippen LogP contribution < -0.4 is 10.0 Å². The highest BCUT2D eigenvalue weighted by molar-refractivity contribution is 7.88. The van der Waals surface area contributed by atoms with Crippen LogP contribution in [0.3, 0.4) is 0 Å². The lowest BCUT2D eigenvalue weighted by molar-refractivity contribution is -0.139. The van der Waals surface area contributed by atoms with Crippen molar-refractivity contribution in [1.82, 2.24) is 10.0 Å². The number of carboxylic acid groups (broad SMARTS) is 1. The van der Waals surface area contributed by atoms with Gasteiger partial charge in [-0.1, -0.05) is 0 Å². The number of ether oxygens (including phenoxy) is 1. The van der Waals surface area contributed by atoms with Gasteiger partial charge in [0.05, 0.1) is 6.26 Å². The summed E-state index contributed by atoms with van der Waals surface area (Å²) < 4.78 is 29.1. The van der Waals surface area contributed by atoms with Crippen molar-refractivity contribution in [3.8, 4) is 0 Å². The van der Waals surface area contributed by atoms with E-state index in [1.165, 1.54) is 0 Å². The Labute approximate surface area is 125 Å². The summed E-state index contributed by atoms with van der Waals surface area (Å²) >= 11 is 0. The number of alkyl carbamates (subject to hydrolysis) is 1. The molecule has 0 heterocycles. The number of carbonyl (C=O) groups excluding carboxylic acids is 1. The van der Waals surface area contributed by atoms with Gasteiger partial charge >= 0.3 is 12.1 Å². The van der Waals surface area contributed by atoms with Gasteiger partial charge in [0.15, 0.2) is 0 Å². The Morgan fingerprint density at radius 2 is 1.81 bits per heavy atom. The van der Waals surface area contributed by atoms with E-state index in [9.17, 15) is 18.0 Å². The summed E-state index contributed by atoms with van der Waals surface area (Å²) in [4.78, 5) is 22.2. The molecule has 1 amide bonds. The fourth-order valence-electron chi connectivity index (χ4n) is 1.47. The van der Waals surface area contributed by atoms with E-state index < -0.39 is 33.7 Å². The summed E-state index contributed by atoms with van der Waals surface area (Å²) in [7, 11) is -3.57. The number of hydrogen-bond acceptors (Lipinski definition) is 5. The molecule has 0 aliphatic heterocycles. The van der Waals surface area contributed by atoms with Crippen LogP contribution in [0.1, 0.15) is 40.0 Å². The average molecular weight is 324 g/mol. The Morgan fingerprint density at radius 1 is 1.24 bits per heavy atom. The van der Waals surface area contributed by atoms with Crippen molar-refractivity contribution in [2.45, 2.75) is 51.7 Å². The molecule has 1 atom stereocenters. The molecular weight excluding hydrogens is 300 g/mol. The van der Waals surface area contributed by atoms with Gasteiger partial charge < -0.3 is 15.2 Å². The molecule has 0 aromatic heterocycles. The SMILES string of the molecule is CC(C)(C)OC(=O)NCCCCC(NS(C)(=O)=O)C(=O)O. The molecule has 0 aromatic rings. The van der Waals surface area contributed by atoms with E-state index >= 15 is 0 Å². The van der Waals surface area contributed by atoms with Crippen LogP contribution in [0.2, 0.25) is 0 Å². The fraction of sp³-hybridized carbons (Fsp3) is 0.833. The Kier molecular flexibility index (Phi) is 7.65. The molecule has 9 heteroatoms. The molecule has 0 aliphatic carbocycles. The van der Waals surface area contributed by atoms with Crippen molar-refractivity contribution in [3.05, 3.63) is 0 Å². The maximum absolute atomic E-state index is 11.3. The number of sulfonamides is 1. The van der Waals surface area contributed by atoms with Gasteiger partial charge in [-0.25, -0.2) is 17.9 Å². The van der Waals surface area contributed by atoms with Crippen LogP contribution in [0.4, 0.5) is 4.79 Å². The maximum atomic E-state index is 11.3. The Morgan fingerprint density at radius 3 is 2.24 bits per heavy atom. The first-order valence-electron chi connectivity index (χ1n) is 6.57. The van der Waals surface area contributed by atoms with E-state index in [1.807, 2.05) is 4.72 Å². The van der Waals surface area contributed by atoms with Crippen LogP contribution in [0, 0.1) is 0 Å². The zero-order chi connectivity index (χ0) is 16.7. The summed E-state index contributed by atoms with van der Waals surface area (Å²) in [6.45, 7) is 5.59. The van der Waals surface area contributed by atoms with Crippen LogP contribution in [0.5, 0.6) is 0 Å². The lowest BCUT2D eigenvalue weighted by atomic mass is 10.1. The number of amides is 1. The summed E-state index contributed by atoms with van der Waals surface area (Å²) in [6, 6.07) is -1.15. The topological polar surface area (TPSA) is 122 Å². The number of aliphatic carboxylic acids is 1. The van der Waals surface area contributed by atoms with Crippen LogP contribution >= 0.6 is 0 Å². The number of unbranched alkanes of at least 4 members (excludes halogenated alkanes) is 1. The largest absolute Gasteiger partial charge is 0.480 e. The molecule has 0 saturated heterocycles. The molecule has 0 rings (SSSR count). The molecule has 0 aromatic carbocycles. The lowest BCUT2D eigenvalue weighted by Gasteiger charge is -2.19. The normalized spacial score (nSPS) is 13.5. The van der Waals surface area contributed by atoms with Crippen molar-refractivity contribution in [1.29, 1.82) is 0 Å². The number of carboxylic acids is 1. The highest BCUT2D eigenvalue weighted by atomic mass is 32.2. The molecule has 8 nitrogen and oxygen atoms in total. The minimum absolute atomic E-state index is 0.151. The maximum Gasteiger partial charge on any atom is 0.407 e. The van der Waals surface area contributed by atoms with Gasteiger partial charge in [0, 0.05) is 6.54 Å². The Balaban J connectivity index is 3.97. The van der Waals surface area contributed by atoms with E-state index in [0.717, 1.165) is 6.26 Å². The van der Waals surface area contributed by atoms with Crippen LogP contribution in [0.15, 0.2) is 0 Å². The van der Waals surface area contributed by atoms with E-state index in [-0.39, 0.29) is 6.42 Å². The fourth-order valence-corrected chi connectivity index (χ4v) is 2.20. The second-order valence-corrected chi connectivity index (χ2v) is 7.49. The minimum Gasteiger partial charge on any atom is -0.480 e. The number of rotatable bonds is 8. The van der Waals surface area contributed by atoms with Gasteiger partial charge in [-0.3, -0.25) is 4.79 Å². The smallest absolute Gasteiger partial charge is 0.407 e. The molecule has 0 saturated carbocycles. The first-order valence-corrected chi connectivity index (χ1v) is 8.47. The van der Waals surface area contributed by atoms with Crippen molar-refractivity contribution < 1.29 is 27.9 Å². The molecule has 0 radical (unpaired) electrons. The first-order chi connectivity index (χ1) is 9.41. The van der Waals surface area contributed by atoms with Gasteiger partial charge in [0.2, 0.25) is 10.0 Å². The van der Waals surface area contributed by atoms with Crippen molar-refractivity contribution in [2.75, 3.05) is 12.8 Å². The third-order valence-corrected chi connectivity index (χ3v) is 2.95. The number of nitrogens with one attached hydrogen (secondary N) is 2. The summed E-state index contributed by atoms with van der Waals surface area (Å²) in [6.07, 6.45) is 1.50. The van der Waals surface area contributed by atoms with Gasteiger partial charge in [-0.15, -0.1) is 0 Å². The zero-order valence-corrected chi connectivity index (χ0v) is 13.6. The van der Waals surface area contributed by atoms with E-state index in [4.69, 9.17) is 9.84 Å². The Hall–Kier alpha value is -1.35. The van der Waals surface area contributed by atoms with Crippen molar-refractivity contribution >= 4 is 22.1 Å². The standard InChI is InChI=1S/C12H24N2O6S/c1-12(2,3)20-11(17)13-8-6-5-7-9(10(15)16)14-21(4,18)19/h9,14H,5-8H2,1-4H3,(H,13,17)(H,15,16). The molecule has 0 bridgehead atoms. The second kappa shape index (κ2) is 8.18. The molecule has 0 aliphatic rings. The minimum atomic E-state index is -3.57. The van der Waals surface area contributed by atoms with E-state index in [1.54, 1.807) is 20.8 Å². The highest BCUT2D eigenvalue weighted by Gasteiger charge is 2.20. The van der Waals surface area contributed by atoms with E-state index in [0.29, 0.717) is 19.4 Å². The number of hydrogen-bond donors (Lipinski definition) is 3. The summed E-state index contributed by atoms with van der Waals surface area (Å²) in [5.74, 6) is -1.22. The predicted molar refractivity (Wildman–Crippen MR) is 77.5 cm³/mol. The summed E-state index contributed by atoms with van der Waals surface area (Å²) in [5, 5.41) is 11.4. The molecule has 124 valence electrons. The zero-order valence-electron chi connectivity index (χ0n) is 12.8. The Bertz CT molecular complexity index is 455. The van der Waals surface area contributed by atoms with Crippen LogP contribution in [-0.2, 0) is 19.6 Å². The van der Waals surface area contributed by atoms with Gasteiger partial charge in [0.1, 0.15) is 11.6 Å². The van der Waals surface area contributed by atoms with Crippen LogP contribution in [0.25, 0.3) is 0 Å². The quantitative estimate of drug-likeness (QED) is 0.565. The van der Waals surface area contributed by atoms with Crippen LogP contribution in [-0.4, -0.2) is 50.0 Å². The third kappa shape index (κ3) is 12.1.